The number of likely N-dealkylation sites (tertiary alicyclic amines) is 1. The van der Waals surface area contributed by atoms with Gasteiger partial charge in [0.1, 0.15) is 5.58 Å². The van der Waals surface area contributed by atoms with Gasteiger partial charge in [-0.1, -0.05) is 26.2 Å². The molecule has 1 saturated heterocycles. The minimum atomic E-state index is -0.416. The summed E-state index contributed by atoms with van der Waals surface area (Å²) >= 11 is 0. The summed E-state index contributed by atoms with van der Waals surface area (Å²) in [7, 11) is 0. The van der Waals surface area contributed by atoms with Gasteiger partial charge in [-0.05, 0) is 43.5 Å². The third kappa shape index (κ3) is 6.66. The lowest BCUT2D eigenvalue weighted by atomic mass is 9.96. The number of hydrogen-bond acceptors (Lipinski definition) is 5. The largest absolute Gasteiger partial charge is 0.423 e. The summed E-state index contributed by atoms with van der Waals surface area (Å²) in [5, 5.41) is 6.64. The molecule has 0 saturated carbocycles. The molecule has 7 nitrogen and oxygen atoms in total. The normalized spacial score (nSPS) is 16.9. The van der Waals surface area contributed by atoms with Crippen LogP contribution in [0.25, 0.3) is 11.0 Å². The SMILES string of the molecule is CCCCCCNC(=O)C1CCCN(Cc2cc(=O)oc3cc(NC(C)=O)ccc23)C1. The van der Waals surface area contributed by atoms with Crippen molar-refractivity contribution in [2.24, 2.45) is 5.92 Å². The van der Waals surface area contributed by atoms with E-state index in [2.05, 4.69) is 22.5 Å². The van der Waals surface area contributed by atoms with Gasteiger partial charge in [0, 0.05) is 49.8 Å². The third-order valence-corrected chi connectivity index (χ3v) is 5.75. The fourth-order valence-corrected chi connectivity index (χ4v) is 4.20. The first-order valence-electron chi connectivity index (χ1n) is 11.3. The Kier molecular flexibility index (Phi) is 8.23. The lowest BCUT2D eigenvalue weighted by molar-refractivity contribution is -0.126. The maximum absolute atomic E-state index is 12.6. The second-order valence-electron chi connectivity index (χ2n) is 8.41. The van der Waals surface area contributed by atoms with Crippen LogP contribution in [0.15, 0.2) is 33.5 Å². The van der Waals surface area contributed by atoms with Gasteiger partial charge >= 0.3 is 5.63 Å². The van der Waals surface area contributed by atoms with Gasteiger partial charge in [-0.2, -0.15) is 0 Å². The lowest BCUT2D eigenvalue weighted by Crippen LogP contribution is -2.43. The van der Waals surface area contributed by atoms with E-state index in [4.69, 9.17) is 4.42 Å². The van der Waals surface area contributed by atoms with Gasteiger partial charge in [0.2, 0.25) is 11.8 Å². The lowest BCUT2D eigenvalue weighted by Gasteiger charge is -2.32. The van der Waals surface area contributed by atoms with Gasteiger partial charge in [0.25, 0.3) is 0 Å². The molecule has 31 heavy (non-hydrogen) atoms. The maximum atomic E-state index is 12.6. The molecule has 1 aromatic carbocycles. The molecule has 1 atom stereocenters. The van der Waals surface area contributed by atoms with Crippen molar-refractivity contribution in [3.63, 3.8) is 0 Å². The van der Waals surface area contributed by atoms with Gasteiger partial charge in [-0.3, -0.25) is 14.5 Å². The molecule has 2 heterocycles. The first kappa shape index (κ1) is 23.0. The van der Waals surface area contributed by atoms with Crippen LogP contribution in [0, 0.1) is 5.92 Å². The van der Waals surface area contributed by atoms with Crippen molar-refractivity contribution in [3.8, 4) is 0 Å². The Balaban J connectivity index is 1.65. The van der Waals surface area contributed by atoms with Crippen molar-refractivity contribution in [2.45, 2.75) is 58.9 Å². The standard InChI is InChI=1S/C24H33N3O4/c1-3-4-5-6-11-25-24(30)18-8-7-12-27(15-18)16-19-13-23(29)31-22-14-20(26-17(2)28)9-10-21(19)22/h9-10,13-14,18H,3-8,11-12,15-16H2,1-2H3,(H,25,30)(H,26,28). The predicted octanol–water partition coefficient (Wildman–Crippen LogP) is 3.66. The predicted molar refractivity (Wildman–Crippen MR) is 122 cm³/mol. The maximum Gasteiger partial charge on any atom is 0.336 e. The number of hydrogen-bond donors (Lipinski definition) is 2. The zero-order chi connectivity index (χ0) is 22.2. The molecule has 1 aliphatic rings. The highest BCUT2D eigenvalue weighted by Crippen LogP contribution is 2.25. The number of benzene rings is 1. The number of nitrogens with one attached hydrogen (secondary N) is 2. The minimum Gasteiger partial charge on any atom is -0.423 e. The van der Waals surface area contributed by atoms with Gasteiger partial charge in [-0.15, -0.1) is 0 Å². The summed E-state index contributed by atoms with van der Waals surface area (Å²) in [4.78, 5) is 38.2. The molecule has 0 spiro atoms. The minimum absolute atomic E-state index is 0.0160. The van der Waals surface area contributed by atoms with Gasteiger partial charge in [0.05, 0.1) is 5.92 Å². The Labute approximate surface area is 183 Å². The number of amides is 2. The number of piperidine rings is 1. The van der Waals surface area contributed by atoms with Crippen LogP contribution in [0.1, 0.15) is 57.9 Å². The van der Waals surface area contributed by atoms with Crippen molar-refractivity contribution in [1.82, 2.24) is 10.2 Å². The molecule has 0 bridgehead atoms. The average Bonchev–Trinajstić information content (AvgIpc) is 2.73. The van der Waals surface area contributed by atoms with E-state index in [1.165, 1.54) is 25.8 Å². The zero-order valence-corrected chi connectivity index (χ0v) is 18.5. The van der Waals surface area contributed by atoms with E-state index in [1.807, 2.05) is 6.07 Å². The Hall–Kier alpha value is -2.67. The highest BCUT2D eigenvalue weighted by molar-refractivity contribution is 5.92. The number of carbonyl (C=O) groups excluding carboxylic acids is 2. The Bertz CT molecular complexity index is 969. The molecular weight excluding hydrogens is 394 g/mol. The van der Waals surface area contributed by atoms with Crippen LogP contribution in [0.3, 0.4) is 0 Å². The van der Waals surface area contributed by atoms with Crippen LogP contribution in [-0.4, -0.2) is 36.3 Å². The summed E-state index contributed by atoms with van der Waals surface area (Å²) in [6.07, 6.45) is 6.43. The smallest absolute Gasteiger partial charge is 0.336 e. The second kappa shape index (κ2) is 11.1. The van der Waals surface area contributed by atoms with Crippen molar-refractivity contribution in [1.29, 1.82) is 0 Å². The molecule has 0 radical (unpaired) electrons. The fraction of sp³-hybridized carbons (Fsp3) is 0.542. The summed E-state index contributed by atoms with van der Waals surface area (Å²) in [5.41, 5.74) is 1.50. The summed E-state index contributed by atoms with van der Waals surface area (Å²) in [6.45, 7) is 6.53. The molecular formula is C24H33N3O4. The average molecular weight is 428 g/mol. The Morgan fingerprint density at radius 2 is 2.03 bits per heavy atom. The number of carbonyl (C=O) groups is 2. The number of rotatable bonds is 9. The van der Waals surface area contributed by atoms with E-state index in [1.54, 1.807) is 12.1 Å². The highest BCUT2D eigenvalue weighted by atomic mass is 16.4. The Morgan fingerprint density at radius 1 is 1.19 bits per heavy atom. The number of nitrogens with zero attached hydrogens (tertiary/aromatic N) is 1. The van der Waals surface area contributed by atoms with Crippen molar-refractivity contribution < 1.29 is 14.0 Å². The summed E-state index contributed by atoms with van der Waals surface area (Å²) < 4.78 is 5.36. The van der Waals surface area contributed by atoms with Crippen LogP contribution < -0.4 is 16.3 Å². The first-order chi connectivity index (χ1) is 15.0. The molecule has 1 unspecified atom stereocenters. The van der Waals surface area contributed by atoms with E-state index in [9.17, 15) is 14.4 Å². The monoisotopic (exact) mass is 427 g/mol. The van der Waals surface area contributed by atoms with Gasteiger partial charge in [-0.25, -0.2) is 4.79 Å². The molecule has 3 rings (SSSR count). The molecule has 1 aromatic heterocycles. The van der Waals surface area contributed by atoms with Crippen LogP contribution in [0.5, 0.6) is 0 Å². The van der Waals surface area contributed by atoms with E-state index in [0.29, 0.717) is 24.4 Å². The topological polar surface area (TPSA) is 91.7 Å². The quantitative estimate of drug-likeness (QED) is 0.471. The van der Waals surface area contributed by atoms with Crippen LogP contribution in [-0.2, 0) is 16.1 Å². The first-order valence-corrected chi connectivity index (χ1v) is 11.3. The molecule has 2 N–H and O–H groups in total. The van der Waals surface area contributed by atoms with E-state index >= 15 is 0 Å². The third-order valence-electron chi connectivity index (χ3n) is 5.75. The molecule has 0 aliphatic carbocycles. The summed E-state index contributed by atoms with van der Waals surface area (Å²) in [6, 6.07) is 6.87. The van der Waals surface area contributed by atoms with Crippen molar-refractivity contribution >= 4 is 28.5 Å². The van der Waals surface area contributed by atoms with E-state index in [0.717, 1.165) is 49.7 Å². The molecule has 1 fully saturated rings. The van der Waals surface area contributed by atoms with Crippen molar-refractivity contribution in [3.05, 3.63) is 40.2 Å². The zero-order valence-electron chi connectivity index (χ0n) is 18.5. The molecule has 7 heteroatoms. The molecule has 1 aliphatic heterocycles. The molecule has 2 amide bonds. The van der Waals surface area contributed by atoms with E-state index < -0.39 is 5.63 Å². The molecule has 168 valence electrons. The number of anilines is 1. The van der Waals surface area contributed by atoms with Crippen LogP contribution >= 0.6 is 0 Å². The van der Waals surface area contributed by atoms with Crippen molar-refractivity contribution in [2.75, 3.05) is 25.0 Å². The number of unbranched alkanes of at least 4 members (excludes halogenated alkanes) is 3. The van der Waals surface area contributed by atoms with Crippen LogP contribution in [0.2, 0.25) is 0 Å². The fourth-order valence-electron chi connectivity index (χ4n) is 4.20. The Morgan fingerprint density at radius 3 is 2.81 bits per heavy atom. The molecule has 2 aromatic rings. The van der Waals surface area contributed by atoms with E-state index in [-0.39, 0.29) is 17.7 Å². The highest BCUT2D eigenvalue weighted by Gasteiger charge is 2.26. The van der Waals surface area contributed by atoms with Gasteiger partial charge < -0.3 is 15.1 Å². The van der Waals surface area contributed by atoms with Gasteiger partial charge in [0.15, 0.2) is 0 Å². The summed E-state index contributed by atoms with van der Waals surface area (Å²) in [5.74, 6) is -0.0582. The second-order valence-corrected chi connectivity index (χ2v) is 8.41. The van der Waals surface area contributed by atoms with Crippen LogP contribution in [0.4, 0.5) is 5.69 Å². The number of fused-ring (bicyclic) bond motifs is 1.